The van der Waals surface area contributed by atoms with Gasteiger partial charge in [0.15, 0.2) is 11.5 Å². The molecule has 4 rings (SSSR count). The van der Waals surface area contributed by atoms with E-state index < -0.39 is 0 Å². The maximum atomic E-state index is 12.3. The first kappa shape index (κ1) is 19.5. The number of nitrogens with one attached hydrogen (secondary N) is 1. The average Bonchev–Trinajstić information content (AvgIpc) is 3.22. The Morgan fingerprint density at radius 1 is 1.00 bits per heavy atom. The minimum Gasteiger partial charge on any atom is -0.497 e. The highest BCUT2D eigenvalue weighted by Gasteiger charge is 2.20. The lowest BCUT2D eigenvalue weighted by Gasteiger charge is -2.34. The van der Waals surface area contributed by atoms with Crippen molar-refractivity contribution in [1.29, 1.82) is 0 Å². The summed E-state index contributed by atoms with van der Waals surface area (Å²) in [5, 5.41) is 3.00. The third-order valence-corrected chi connectivity index (χ3v) is 5.30. The van der Waals surface area contributed by atoms with E-state index in [0.717, 1.165) is 55.5 Å². The molecule has 2 heterocycles. The van der Waals surface area contributed by atoms with Crippen LogP contribution >= 0.6 is 0 Å². The molecule has 1 fully saturated rings. The van der Waals surface area contributed by atoms with E-state index in [9.17, 15) is 4.79 Å². The third-order valence-electron chi connectivity index (χ3n) is 5.30. The summed E-state index contributed by atoms with van der Waals surface area (Å²) in [5.41, 5.74) is 2.25. The summed E-state index contributed by atoms with van der Waals surface area (Å²) >= 11 is 0. The summed E-state index contributed by atoms with van der Waals surface area (Å²) in [6.07, 6.45) is 0. The topological polar surface area (TPSA) is 63.3 Å². The molecule has 0 spiro atoms. The monoisotopic (exact) mass is 397 g/mol. The van der Waals surface area contributed by atoms with E-state index in [1.807, 2.05) is 30.3 Å². The molecule has 2 aliphatic rings. The Labute approximate surface area is 171 Å². The minimum atomic E-state index is 0.0528. The highest BCUT2D eigenvalue weighted by Crippen LogP contribution is 2.32. The van der Waals surface area contributed by atoms with Crippen LogP contribution in [0.1, 0.15) is 11.1 Å². The van der Waals surface area contributed by atoms with Crippen LogP contribution in [0.4, 0.5) is 0 Å². The number of carbonyl (C=O) groups excluding carboxylic acids is 1. The predicted molar refractivity (Wildman–Crippen MR) is 109 cm³/mol. The molecule has 154 valence electrons. The Morgan fingerprint density at radius 2 is 1.79 bits per heavy atom. The Hall–Kier alpha value is -2.77. The van der Waals surface area contributed by atoms with Gasteiger partial charge in [0.05, 0.1) is 13.7 Å². The van der Waals surface area contributed by atoms with E-state index in [0.29, 0.717) is 19.9 Å². The number of rotatable bonds is 7. The number of benzene rings is 2. The number of nitrogens with zero attached hydrogens (tertiary/aromatic N) is 2. The van der Waals surface area contributed by atoms with Crippen molar-refractivity contribution in [2.75, 3.05) is 46.6 Å². The van der Waals surface area contributed by atoms with E-state index in [-0.39, 0.29) is 5.91 Å². The van der Waals surface area contributed by atoms with E-state index in [1.54, 1.807) is 7.11 Å². The van der Waals surface area contributed by atoms with Crippen LogP contribution in [0, 0.1) is 0 Å². The number of piperazine rings is 1. The van der Waals surface area contributed by atoms with Crippen molar-refractivity contribution in [2.24, 2.45) is 0 Å². The van der Waals surface area contributed by atoms with Crippen LogP contribution in [0.15, 0.2) is 42.5 Å². The number of hydrogen-bond donors (Lipinski definition) is 1. The molecule has 0 unspecified atom stereocenters. The quantitative estimate of drug-likeness (QED) is 0.770. The molecule has 0 saturated carbocycles. The second kappa shape index (κ2) is 9.15. The molecule has 1 saturated heterocycles. The van der Waals surface area contributed by atoms with Gasteiger partial charge in [-0.2, -0.15) is 0 Å². The molecular weight excluding hydrogens is 370 g/mol. The summed E-state index contributed by atoms with van der Waals surface area (Å²) in [7, 11) is 1.64. The van der Waals surface area contributed by atoms with Crippen LogP contribution < -0.4 is 19.5 Å². The zero-order valence-corrected chi connectivity index (χ0v) is 16.7. The SMILES string of the molecule is COc1cccc(CNC(=O)CN2CCN(Cc3ccc4c(c3)OCO4)CC2)c1. The van der Waals surface area contributed by atoms with Gasteiger partial charge >= 0.3 is 0 Å². The summed E-state index contributed by atoms with van der Waals surface area (Å²) < 4.78 is 16.0. The van der Waals surface area contributed by atoms with Gasteiger partial charge in [0.1, 0.15) is 5.75 Å². The molecule has 0 atom stereocenters. The maximum absolute atomic E-state index is 12.3. The summed E-state index contributed by atoms with van der Waals surface area (Å²) in [6, 6.07) is 13.9. The molecule has 1 N–H and O–H groups in total. The molecule has 29 heavy (non-hydrogen) atoms. The van der Waals surface area contributed by atoms with E-state index in [2.05, 4.69) is 27.2 Å². The Morgan fingerprint density at radius 3 is 2.62 bits per heavy atom. The highest BCUT2D eigenvalue weighted by molar-refractivity contribution is 5.78. The van der Waals surface area contributed by atoms with E-state index in [4.69, 9.17) is 14.2 Å². The van der Waals surface area contributed by atoms with Gasteiger partial charge in [0, 0.05) is 39.3 Å². The summed E-state index contributed by atoms with van der Waals surface area (Å²) in [5.74, 6) is 2.50. The van der Waals surface area contributed by atoms with E-state index >= 15 is 0 Å². The molecule has 2 aromatic rings. The lowest BCUT2D eigenvalue weighted by atomic mass is 10.1. The first-order valence-corrected chi connectivity index (χ1v) is 9.92. The van der Waals surface area contributed by atoms with Gasteiger partial charge in [-0.15, -0.1) is 0 Å². The molecule has 1 amide bonds. The maximum Gasteiger partial charge on any atom is 0.234 e. The van der Waals surface area contributed by atoms with Gasteiger partial charge in [-0.05, 0) is 35.4 Å². The number of ether oxygens (including phenoxy) is 3. The van der Waals surface area contributed by atoms with Crippen LogP contribution in [0.2, 0.25) is 0 Å². The summed E-state index contributed by atoms with van der Waals surface area (Å²) in [4.78, 5) is 16.9. The fourth-order valence-corrected chi connectivity index (χ4v) is 3.65. The van der Waals surface area contributed by atoms with Crippen molar-refractivity contribution in [3.8, 4) is 17.2 Å². The van der Waals surface area contributed by atoms with Crippen molar-refractivity contribution in [1.82, 2.24) is 15.1 Å². The van der Waals surface area contributed by atoms with Gasteiger partial charge in [-0.25, -0.2) is 0 Å². The largest absolute Gasteiger partial charge is 0.497 e. The van der Waals surface area contributed by atoms with Crippen LogP contribution in [0.25, 0.3) is 0 Å². The van der Waals surface area contributed by atoms with Gasteiger partial charge in [-0.1, -0.05) is 18.2 Å². The first-order valence-electron chi connectivity index (χ1n) is 9.92. The van der Waals surface area contributed by atoms with Crippen LogP contribution in [0.5, 0.6) is 17.2 Å². The standard InChI is InChI=1S/C22H27N3O4/c1-27-19-4-2-3-17(11-19)13-23-22(26)15-25-9-7-24(8-10-25)14-18-5-6-20-21(12-18)29-16-28-20/h2-6,11-12H,7-10,13-16H2,1H3,(H,23,26). The highest BCUT2D eigenvalue weighted by atomic mass is 16.7. The normalized spacial score (nSPS) is 16.6. The molecule has 0 bridgehead atoms. The number of carbonyl (C=O) groups is 1. The predicted octanol–water partition coefficient (Wildman–Crippen LogP) is 1.86. The van der Waals surface area contributed by atoms with Crippen LogP contribution in [-0.2, 0) is 17.9 Å². The lowest BCUT2D eigenvalue weighted by molar-refractivity contribution is -0.122. The number of methoxy groups -OCH3 is 1. The van der Waals surface area contributed by atoms with Crippen molar-refractivity contribution in [3.63, 3.8) is 0 Å². The molecule has 2 aromatic carbocycles. The fraction of sp³-hybridized carbons (Fsp3) is 0.409. The molecule has 7 heteroatoms. The lowest BCUT2D eigenvalue weighted by Crippen LogP contribution is -2.49. The summed E-state index contributed by atoms with van der Waals surface area (Å²) in [6.45, 7) is 5.79. The van der Waals surface area contributed by atoms with Crippen molar-refractivity contribution < 1.29 is 19.0 Å². The number of hydrogen-bond acceptors (Lipinski definition) is 6. The second-order valence-electron chi connectivity index (χ2n) is 7.37. The average molecular weight is 397 g/mol. The second-order valence-corrected chi connectivity index (χ2v) is 7.37. The third kappa shape index (κ3) is 5.19. The molecule has 0 aliphatic carbocycles. The van der Waals surface area contributed by atoms with E-state index in [1.165, 1.54) is 5.56 Å². The minimum absolute atomic E-state index is 0.0528. The zero-order chi connectivity index (χ0) is 20.1. The van der Waals surface area contributed by atoms with Gasteiger partial charge in [0.25, 0.3) is 0 Å². The smallest absolute Gasteiger partial charge is 0.234 e. The Balaban J connectivity index is 1.19. The van der Waals surface area contributed by atoms with Crippen LogP contribution in [0.3, 0.4) is 0 Å². The molecule has 7 nitrogen and oxygen atoms in total. The van der Waals surface area contributed by atoms with Crippen molar-refractivity contribution in [2.45, 2.75) is 13.1 Å². The molecule has 0 aromatic heterocycles. The van der Waals surface area contributed by atoms with Gasteiger partial charge in [-0.3, -0.25) is 14.6 Å². The molecule has 2 aliphatic heterocycles. The number of fused-ring (bicyclic) bond motifs is 1. The Kier molecular flexibility index (Phi) is 6.17. The molecule has 0 radical (unpaired) electrons. The van der Waals surface area contributed by atoms with Crippen molar-refractivity contribution in [3.05, 3.63) is 53.6 Å². The number of amides is 1. The fourth-order valence-electron chi connectivity index (χ4n) is 3.65. The van der Waals surface area contributed by atoms with Gasteiger partial charge < -0.3 is 19.5 Å². The molecular formula is C22H27N3O4. The van der Waals surface area contributed by atoms with Crippen LogP contribution in [-0.4, -0.2) is 62.3 Å². The van der Waals surface area contributed by atoms with Crippen molar-refractivity contribution >= 4 is 5.91 Å². The first-order chi connectivity index (χ1) is 14.2. The Bertz CT molecular complexity index is 850. The zero-order valence-electron chi connectivity index (χ0n) is 16.7. The van der Waals surface area contributed by atoms with Gasteiger partial charge in [0.2, 0.25) is 12.7 Å².